The molecule has 1 aromatic rings. The van der Waals surface area contributed by atoms with E-state index in [2.05, 4.69) is 19.2 Å². The van der Waals surface area contributed by atoms with Crippen LogP contribution in [0.3, 0.4) is 0 Å². The molecule has 0 aromatic heterocycles. The van der Waals surface area contributed by atoms with Gasteiger partial charge >= 0.3 is 0 Å². The van der Waals surface area contributed by atoms with Crippen molar-refractivity contribution in [1.29, 1.82) is 0 Å². The molecule has 1 atom stereocenters. The molecular formula is C13H20N2O2. The Bertz CT molecular complexity index is 343. The second-order valence-corrected chi connectivity index (χ2v) is 4.17. The van der Waals surface area contributed by atoms with Crippen molar-refractivity contribution in [2.24, 2.45) is 0 Å². The monoisotopic (exact) mass is 236 g/mol. The fourth-order valence-corrected chi connectivity index (χ4v) is 1.95. The van der Waals surface area contributed by atoms with E-state index >= 15 is 0 Å². The van der Waals surface area contributed by atoms with Gasteiger partial charge in [0.25, 0.3) is 5.69 Å². The molecule has 1 aromatic carbocycles. The van der Waals surface area contributed by atoms with Crippen LogP contribution in [-0.4, -0.2) is 17.5 Å². The highest BCUT2D eigenvalue weighted by Gasteiger charge is 2.09. The van der Waals surface area contributed by atoms with Gasteiger partial charge in [0.15, 0.2) is 0 Å². The third kappa shape index (κ3) is 4.53. The standard InChI is InChI=1S/C13H20N2O2/c1-3-5-12(14-4-2)10-11-6-8-13(9-7-11)15(16)17/h6-9,12,14H,3-5,10H2,1-2H3. The van der Waals surface area contributed by atoms with Crippen LogP contribution in [0, 0.1) is 10.1 Å². The molecule has 0 aliphatic carbocycles. The van der Waals surface area contributed by atoms with Crippen molar-refractivity contribution in [3.05, 3.63) is 39.9 Å². The molecule has 0 spiro atoms. The fourth-order valence-electron chi connectivity index (χ4n) is 1.95. The topological polar surface area (TPSA) is 55.2 Å². The Labute approximate surface area is 102 Å². The van der Waals surface area contributed by atoms with Gasteiger partial charge in [-0.05, 0) is 24.9 Å². The van der Waals surface area contributed by atoms with Gasteiger partial charge in [0.2, 0.25) is 0 Å². The molecule has 1 rings (SSSR count). The lowest BCUT2D eigenvalue weighted by Gasteiger charge is -2.16. The van der Waals surface area contributed by atoms with Gasteiger partial charge < -0.3 is 5.32 Å². The molecule has 17 heavy (non-hydrogen) atoms. The van der Waals surface area contributed by atoms with Crippen LogP contribution < -0.4 is 5.32 Å². The van der Waals surface area contributed by atoms with Gasteiger partial charge in [-0.1, -0.05) is 32.4 Å². The smallest absolute Gasteiger partial charge is 0.269 e. The quantitative estimate of drug-likeness (QED) is 0.585. The number of nitro groups is 1. The van der Waals surface area contributed by atoms with Crippen LogP contribution in [0.4, 0.5) is 5.69 Å². The molecule has 0 amide bonds. The molecular weight excluding hydrogens is 216 g/mol. The lowest BCUT2D eigenvalue weighted by Crippen LogP contribution is -2.30. The average Bonchev–Trinajstić information content (AvgIpc) is 2.30. The number of hydrogen-bond donors (Lipinski definition) is 1. The largest absolute Gasteiger partial charge is 0.314 e. The first-order chi connectivity index (χ1) is 8.17. The van der Waals surface area contributed by atoms with Gasteiger partial charge in [0.05, 0.1) is 4.92 Å². The first-order valence-corrected chi connectivity index (χ1v) is 6.14. The minimum atomic E-state index is -0.363. The zero-order valence-corrected chi connectivity index (χ0v) is 10.5. The van der Waals surface area contributed by atoms with Gasteiger partial charge in [-0.3, -0.25) is 10.1 Å². The molecule has 0 bridgehead atoms. The van der Waals surface area contributed by atoms with Gasteiger partial charge in [-0.15, -0.1) is 0 Å². The van der Waals surface area contributed by atoms with Crippen LogP contribution in [0.25, 0.3) is 0 Å². The van der Waals surface area contributed by atoms with Crippen molar-refractivity contribution in [1.82, 2.24) is 5.32 Å². The highest BCUT2D eigenvalue weighted by molar-refractivity contribution is 5.33. The molecule has 4 heteroatoms. The summed E-state index contributed by atoms with van der Waals surface area (Å²) in [5, 5.41) is 14.0. The van der Waals surface area contributed by atoms with Crippen molar-refractivity contribution in [3.63, 3.8) is 0 Å². The highest BCUT2D eigenvalue weighted by Crippen LogP contribution is 2.14. The summed E-state index contributed by atoms with van der Waals surface area (Å²) in [6.45, 7) is 5.22. The lowest BCUT2D eigenvalue weighted by atomic mass is 10.0. The Morgan fingerprint density at radius 3 is 2.41 bits per heavy atom. The third-order valence-electron chi connectivity index (χ3n) is 2.76. The minimum absolute atomic E-state index is 0.157. The normalized spacial score (nSPS) is 12.4. The van der Waals surface area contributed by atoms with Crippen LogP contribution in [-0.2, 0) is 6.42 Å². The van der Waals surface area contributed by atoms with E-state index in [1.54, 1.807) is 12.1 Å². The summed E-state index contributed by atoms with van der Waals surface area (Å²) >= 11 is 0. The first-order valence-electron chi connectivity index (χ1n) is 6.14. The summed E-state index contributed by atoms with van der Waals surface area (Å²) < 4.78 is 0. The summed E-state index contributed by atoms with van der Waals surface area (Å²) in [6, 6.07) is 7.30. The van der Waals surface area contributed by atoms with E-state index in [-0.39, 0.29) is 10.6 Å². The van der Waals surface area contributed by atoms with E-state index in [0.29, 0.717) is 6.04 Å². The first kappa shape index (κ1) is 13.6. The number of likely N-dealkylation sites (N-methyl/N-ethyl adjacent to an activating group) is 1. The number of rotatable bonds is 7. The Morgan fingerprint density at radius 1 is 1.29 bits per heavy atom. The van der Waals surface area contributed by atoms with E-state index < -0.39 is 0 Å². The SMILES string of the molecule is CCCC(Cc1ccc([N+](=O)[O-])cc1)NCC. The molecule has 94 valence electrons. The molecule has 0 aliphatic rings. The Hall–Kier alpha value is -1.42. The average molecular weight is 236 g/mol. The summed E-state index contributed by atoms with van der Waals surface area (Å²) in [4.78, 5) is 10.2. The Balaban J connectivity index is 2.62. The summed E-state index contributed by atoms with van der Waals surface area (Å²) in [5.41, 5.74) is 1.30. The van der Waals surface area contributed by atoms with E-state index in [4.69, 9.17) is 0 Å². The molecule has 1 N–H and O–H groups in total. The number of nitrogens with zero attached hydrogens (tertiary/aromatic N) is 1. The maximum atomic E-state index is 10.5. The molecule has 1 unspecified atom stereocenters. The zero-order valence-electron chi connectivity index (χ0n) is 10.5. The van der Waals surface area contributed by atoms with Gasteiger partial charge in [-0.2, -0.15) is 0 Å². The van der Waals surface area contributed by atoms with E-state index in [1.807, 2.05) is 12.1 Å². The van der Waals surface area contributed by atoms with Gasteiger partial charge in [0, 0.05) is 18.2 Å². The molecule has 0 saturated heterocycles. The van der Waals surface area contributed by atoms with Crippen molar-refractivity contribution in [3.8, 4) is 0 Å². The fraction of sp³-hybridized carbons (Fsp3) is 0.538. The molecule has 4 nitrogen and oxygen atoms in total. The van der Waals surface area contributed by atoms with Gasteiger partial charge in [-0.25, -0.2) is 0 Å². The maximum absolute atomic E-state index is 10.5. The summed E-state index contributed by atoms with van der Waals surface area (Å²) in [5.74, 6) is 0. The number of benzene rings is 1. The summed E-state index contributed by atoms with van der Waals surface area (Å²) in [6.07, 6.45) is 3.20. The second-order valence-electron chi connectivity index (χ2n) is 4.17. The predicted molar refractivity (Wildman–Crippen MR) is 69.2 cm³/mol. The molecule has 0 radical (unpaired) electrons. The van der Waals surface area contributed by atoms with Gasteiger partial charge in [0.1, 0.15) is 0 Å². The van der Waals surface area contributed by atoms with E-state index in [1.165, 1.54) is 0 Å². The molecule has 0 saturated carbocycles. The molecule has 0 fully saturated rings. The zero-order chi connectivity index (χ0) is 12.7. The van der Waals surface area contributed by atoms with Crippen LogP contribution >= 0.6 is 0 Å². The third-order valence-corrected chi connectivity index (χ3v) is 2.76. The molecule has 0 heterocycles. The van der Waals surface area contributed by atoms with Crippen molar-refractivity contribution in [2.45, 2.75) is 39.2 Å². The van der Waals surface area contributed by atoms with E-state index in [0.717, 1.165) is 31.4 Å². The highest BCUT2D eigenvalue weighted by atomic mass is 16.6. The Morgan fingerprint density at radius 2 is 1.94 bits per heavy atom. The number of hydrogen-bond acceptors (Lipinski definition) is 3. The van der Waals surface area contributed by atoms with Crippen LogP contribution in [0.1, 0.15) is 32.3 Å². The van der Waals surface area contributed by atoms with Crippen LogP contribution in [0.15, 0.2) is 24.3 Å². The molecule has 0 aliphatic heterocycles. The second kappa shape index (κ2) is 7.01. The Kier molecular flexibility index (Phi) is 5.63. The van der Waals surface area contributed by atoms with Crippen molar-refractivity contribution in [2.75, 3.05) is 6.54 Å². The number of nitro benzene ring substituents is 1. The van der Waals surface area contributed by atoms with Crippen LogP contribution in [0.5, 0.6) is 0 Å². The number of nitrogens with one attached hydrogen (secondary N) is 1. The lowest BCUT2D eigenvalue weighted by molar-refractivity contribution is -0.384. The van der Waals surface area contributed by atoms with Crippen molar-refractivity contribution >= 4 is 5.69 Å². The van der Waals surface area contributed by atoms with Crippen LogP contribution in [0.2, 0.25) is 0 Å². The van der Waals surface area contributed by atoms with E-state index in [9.17, 15) is 10.1 Å². The predicted octanol–water partition coefficient (Wildman–Crippen LogP) is 2.92. The minimum Gasteiger partial charge on any atom is -0.314 e. The van der Waals surface area contributed by atoms with Crippen molar-refractivity contribution < 1.29 is 4.92 Å². The summed E-state index contributed by atoms with van der Waals surface area (Å²) in [7, 11) is 0. The maximum Gasteiger partial charge on any atom is 0.269 e. The number of non-ortho nitro benzene ring substituents is 1.